The third kappa shape index (κ3) is 7.32. The Labute approximate surface area is 273 Å². The summed E-state index contributed by atoms with van der Waals surface area (Å²) >= 11 is 0. The van der Waals surface area contributed by atoms with Crippen LogP contribution in [0.15, 0.2) is 36.4 Å². The first-order valence-electron chi connectivity index (χ1n) is 15.4. The van der Waals surface area contributed by atoms with E-state index in [0.717, 1.165) is 55.5 Å². The molecule has 0 atom stereocenters. The number of benzene rings is 2. The summed E-state index contributed by atoms with van der Waals surface area (Å²) < 4.78 is 69.1. The molecule has 2 aliphatic heterocycles. The number of anilines is 3. The van der Waals surface area contributed by atoms with Gasteiger partial charge >= 0.3 is 18.2 Å². The quantitative estimate of drug-likeness (QED) is 0.225. The first-order chi connectivity index (χ1) is 22.8. The molecule has 16 heteroatoms. The van der Waals surface area contributed by atoms with Crippen LogP contribution in [-0.2, 0) is 16.2 Å². The maximum Gasteiger partial charge on any atom is 0.493 e. The molecule has 2 aliphatic rings. The van der Waals surface area contributed by atoms with Gasteiger partial charge in [-0.05, 0) is 76.5 Å². The van der Waals surface area contributed by atoms with E-state index in [1.54, 1.807) is 6.92 Å². The topological polar surface area (TPSA) is 120 Å². The summed E-state index contributed by atoms with van der Waals surface area (Å²) in [5.41, 5.74) is 0.543. The maximum atomic E-state index is 15.1. The van der Waals surface area contributed by atoms with Gasteiger partial charge in [-0.25, -0.2) is 28.3 Å². The smallest absolute Gasteiger partial charge is 0.353 e. The lowest BCUT2D eigenvalue weighted by Crippen LogP contribution is -2.43. The van der Waals surface area contributed by atoms with Gasteiger partial charge in [0.25, 0.3) is 5.91 Å². The predicted molar refractivity (Wildman–Crippen MR) is 165 cm³/mol. The minimum absolute atomic E-state index is 0.0382. The summed E-state index contributed by atoms with van der Waals surface area (Å²) in [5.74, 6) is -5.68. The van der Waals surface area contributed by atoms with Gasteiger partial charge in [0.1, 0.15) is 17.3 Å². The van der Waals surface area contributed by atoms with Crippen LogP contribution in [0, 0.1) is 18.6 Å². The van der Waals surface area contributed by atoms with E-state index in [9.17, 15) is 27.6 Å². The van der Waals surface area contributed by atoms with E-state index in [-0.39, 0.29) is 35.1 Å². The molecule has 3 aromatic rings. The zero-order valence-electron chi connectivity index (χ0n) is 26.5. The van der Waals surface area contributed by atoms with Crippen molar-refractivity contribution in [3.8, 4) is 11.3 Å². The van der Waals surface area contributed by atoms with Gasteiger partial charge in [-0.15, -0.1) is 0 Å². The normalized spacial score (nSPS) is 15.2. The zero-order valence-corrected chi connectivity index (χ0v) is 26.5. The molecule has 0 saturated carbocycles. The minimum atomic E-state index is -5.34. The van der Waals surface area contributed by atoms with Crippen LogP contribution >= 0.6 is 0 Å². The van der Waals surface area contributed by atoms with Crippen molar-refractivity contribution in [2.45, 2.75) is 58.8 Å². The van der Waals surface area contributed by atoms with Gasteiger partial charge in [0.2, 0.25) is 5.95 Å². The Balaban J connectivity index is 1.60. The second-order valence-corrected chi connectivity index (χ2v) is 11.7. The third-order valence-corrected chi connectivity index (χ3v) is 7.96. The third-order valence-electron chi connectivity index (χ3n) is 7.96. The van der Waals surface area contributed by atoms with Gasteiger partial charge in [-0.2, -0.15) is 23.2 Å². The molecular formula is C32H34F5N7O4. The first-order valence-corrected chi connectivity index (χ1v) is 15.4. The molecule has 1 fully saturated rings. The second-order valence-electron chi connectivity index (χ2n) is 11.7. The Hall–Kier alpha value is -4.86. The molecule has 3 heterocycles. The van der Waals surface area contributed by atoms with Crippen molar-refractivity contribution in [1.29, 1.82) is 0 Å². The number of alkyl halides is 3. The molecule has 1 saturated heterocycles. The van der Waals surface area contributed by atoms with Crippen molar-refractivity contribution in [3.05, 3.63) is 64.7 Å². The van der Waals surface area contributed by atoms with Crippen LogP contribution in [0.5, 0.6) is 0 Å². The molecule has 0 aliphatic carbocycles. The summed E-state index contributed by atoms with van der Waals surface area (Å²) in [4.78, 5) is 54.9. The number of halogens is 5. The highest BCUT2D eigenvalue weighted by Gasteiger charge is 2.44. The highest BCUT2D eigenvalue weighted by atomic mass is 19.4. The Morgan fingerprint density at radius 2 is 1.75 bits per heavy atom. The van der Waals surface area contributed by atoms with Gasteiger partial charge in [-0.3, -0.25) is 4.79 Å². The van der Waals surface area contributed by atoms with Crippen LogP contribution in [0.1, 0.15) is 54.6 Å². The number of para-hydroxylation sites is 1. The molecular weight excluding hydrogens is 641 g/mol. The second kappa shape index (κ2) is 14.1. The van der Waals surface area contributed by atoms with E-state index in [2.05, 4.69) is 25.4 Å². The van der Waals surface area contributed by atoms with Gasteiger partial charge < -0.3 is 20.4 Å². The van der Waals surface area contributed by atoms with Crippen molar-refractivity contribution >= 4 is 35.4 Å². The number of nitrogens with one attached hydrogen (secondary N) is 2. The molecule has 256 valence electrons. The number of amides is 3. The predicted octanol–water partition coefficient (Wildman–Crippen LogP) is 5.86. The van der Waals surface area contributed by atoms with Crippen LogP contribution in [0.2, 0.25) is 0 Å². The number of nitrogens with zero attached hydrogens (tertiary/aromatic N) is 5. The first kappa shape index (κ1) is 34.5. The number of hydrogen-bond acceptors (Lipinski definition) is 8. The van der Waals surface area contributed by atoms with Gasteiger partial charge in [0, 0.05) is 29.8 Å². The fraction of sp³-hybridized carbons (Fsp3) is 0.406. The number of carbonyl (C=O) groups excluding carboxylic acids is 3. The molecule has 11 nitrogen and oxygen atoms in total. The van der Waals surface area contributed by atoms with E-state index in [4.69, 9.17) is 4.98 Å². The number of aryl methyl sites for hydroxylation is 1. The lowest BCUT2D eigenvalue weighted by atomic mass is 9.97. The largest absolute Gasteiger partial charge is 0.493 e. The molecule has 48 heavy (non-hydrogen) atoms. The van der Waals surface area contributed by atoms with Crippen LogP contribution in [-0.4, -0.2) is 76.2 Å². The van der Waals surface area contributed by atoms with Gasteiger partial charge in [0.15, 0.2) is 5.82 Å². The van der Waals surface area contributed by atoms with E-state index >= 15 is 8.78 Å². The zero-order chi connectivity index (χ0) is 34.7. The number of aromatic nitrogens is 2. The summed E-state index contributed by atoms with van der Waals surface area (Å²) in [6, 6.07) is 5.61. The van der Waals surface area contributed by atoms with E-state index in [0.29, 0.717) is 29.3 Å². The van der Waals surface area contributed by atoms with Gasteiger partial charge in [0.05, 0.1) is 18.3 Å². The van der Waals surface area contributed by atoms with Crippen molar-refractivity contribution in [2.75, 3.05) is 36.4 Å². The monoisotopic (exact) mass is 675 g/mol. The fourth-order valence-corrected chi connectivity index (χ4v) is 5.54. The van der Waals surface area contributed by atoms with Crippen LogP contribution in [0.3, 0.4) is 0 Å². The Morgan fingerprint density at radius 1 is 1.06 bits per heavy atom. The Morgan fingerprint density at radius 3 is 2.40 bits per heavy atom. The molecule has 0 radical (unpaired) electrons. The lowest BCUT2D eigenvalue weighted by molar-refractivity contribution is -0.232. The fourth-order valence-electron chi connectivity index (χ4n) is 5.54. The van der Waals surface area contributed by atoms with Gasteiger partial charge in [-0.1, -0.05) is 18.6 Å². The van der Waals surface area contributed by atoms with Crippen molar-refractivity contribution < 1.29 is 41.2 Å². The lowest BCUT2D eigenvalue weighted by Gasteiger charge is -2.31. The summed E-state index contributed by atoms with van der Waals surface area (Å²) in [7, 11) is 0. The molecule has 2 N–H and O–H groups in total. The van der Waals surface area contributed by atoms with E-state index in [1.807, 2.05) is 0 Å². The van der Waals surface area contributed by atoms with Crippen LogP contribution < -0.4 is 15.5 Å². The van der Waals surface area contributed by atoms with Crippen molar-refractivity contribution in [3.63, 3.8) is 0 Å². The van der Waals surface area contributed by atoms with Crippen molar-refractivity contribution in [1.82, 2.24) is 25.2 Å². The summed E-state index contributed by atoms with van der Waals surface area (Å²) in [5, 5.41) is 6.06. The molecule has 0 unspecified atom stereocenters. The number of urea groups is 1. The number of rotatable bonds is 8. The number of carbonyl (C=O) groups is 3. The molecule has 0 bridgehead atoms. The average molecular weight is 676 g/mol. The Bertz CT molecular complexity index is 1690. The van der Waals surface area contributed by atoms with Crippen LogP contribution in [0.4, 0.5) is 44.2 Å². The molecule has 3 amide bonds. The summed E-state index contributed by atoms with van der Waals surface area (Å²) in [6.07, 6.45) is -2.02. The number of hydrogen-bond donors (Lipinski definition) is 2. The molecule has 2 aromatic carbocycles. The maximum absolute atomic E-state index is 15.1. The molecule has 0 spiro atoms. The standard InChI is InChI=1S/C32H34F5N7O4/c1-18(2)44(48-29(46)32(35,36)37)28(45)20-11-10-19(3)21(16-20)25-22-17-39-31(47)43(26-23(33)8-7-9-24(26)34)27(22)41-30(40-25)38-12-15-42-13-5-4-6-14-42/h7-11,16,18H,4-6,12-15,17H2,1-3H3,(H,39,47)(H,38,40,41). The number of fused-ring (bicyclic) bond motifs is 1. The Kier molecular flexibility index (Phi) is 10.1. The van der Waals surface area contributed by atoms with E-state index < -0.39 is 47.4 Å². The SMILES string of the molecule is Cc1ccc(C(=O)N(OC(=O)C(F)(F)F)C(C)C)cc1-c1nc(NCCN2CCCCC2)nc2c1CNC(=O)N2c1c(F)cccc1F. The van der Waals surface area contributed by atoms with E-state index in [1.165, 1.54) is 32.0 Å². The highest BCUT2D eigenvalue weighted by molar-refractivity contribution is 6.02. The highest BCUT2D eigenvalue weighted by Crippen LogP contribution is 2.39. The van der Waals surface area contributed by atoms with Crippen molar-refractivity contribution in [2.24, 2.45) is 0 Å². The molecule has 1 aromatic heterocycles. The average Bonchev–Trinajstić information content (AvgIpc) is 3.04. The van der Waals surface area contributed by atoms with Crippen LogP contribution in [0.25, 0.3) is 11.3 Å². The summed E-state index contributed by atoms with van der Waals surface area (Å²) in [6.45, 7) is 7.23. The molecule has 5 rings (SSSR count). The number of hydroxylamine groups is 2. The number of likely N-dealkylation sites (tertiary alicyclic amines) is 1. The number of piperidine rings is 1. The minimum Gasteiger partial charge on any atom is -0.353 e.